The van der Waals surface area contributed by atoms with Gasteiger partial charge in [0.25, 0.3) is 0 Å². The van der Waals surface area contributed by atoms with Crippen LogP contribution in [-0.2, 0) is 0 Å². The number of aromatic nitrogens is 1. The number of hydrogen-bond donors (Lipinski definition) is 2. The summed E-state index contributed by atoms with van der Waals surface area (Å²) >= 11 is 1.88. The van der Waals surface area contributed by atoms with E-state index in [2.05, 4.69) is 10.3 Å². The second kappa shape index (κ2) is 5.81. The summed E-state index contributed by atoms with van der Waals surface area (Å²) in [6, 6.07) is 6.51. The van der Waals surface area contributed by atoms with Crippen molar-refractivity contribution in [1.82, 2.24) is 4.98 Å². The monoisotopic (exact) mass is 306 g/mol. The Hall–Kier alpha value is -1.33. The second-order valence-electron chi connectivity index (χ2n) is 5.66. The molecule has 2 heterocycles. The van der Waals surface area contributed by atoms with E-state index in [0.29, 0.717) is 6.54 Å². The smallest absolute Gasteiger partial charge is 0.124 e. The SMILES string of the molecule is Cc1cc(NCC2(O)CCSCC2)c2cc(F)ccc2n1. The fourth-order valence-electron chi connectivity index (χ4n) is 2.66. The first-order chi connectivity index (χ1) is 10.1. The molecule has 1 aromatic heterocycles. The number of rotatable bonds is 3. The van der Waals surface area contributed by atoms with Crippen molar-refractivity contribution in [2.24, 2.45) is 0 Å². The molecule has 1 aliphatic rings. The Balaban J connectivity index is 1.87. The third kappa shape index (κ3) is 3.30. The van der Waals surface area contributed by atoms with E-state index < -0.39 is 5.60 Å². The van der Waals surface area contributed by atoms with E-state index in [1.165, 1.54) is 12.1 Å². The summed E-state index contributed by atoms with van der Waals surface area (Å²) in [6.45, 7) is 2.41. The zero-order valence-electron chi connectivity index (χ0n) is 12.0. The molecule has 21 heavy (non-hydrogen) atoms. The zero-order valence-corrected chi connectivity index (χ0v) is 12.8. The number of aliphatic hydroxyl groups is 1. The lowest BCUT2D eigenvalue weighted by atomic mass is 9.96. The quantitative estimate of drug-likeness (QED) is 0.913. The van der Waals surface area contributed by atoms with Gasteiger partial charge in [-0.25, -0.2) is 4.39 Å². The number of nitrogens with one attached hydrogen (secondary N) is 1. The van der Waals surface area contributed by atoms with E-state index in [1.54, 1.807) is 6.07 Å². The fourth-order valence-corrected chi connectivity index (χ4v) is 3.92. The summed E-state index contributed by atoms with van der Waals surface area (Å²) < 4.78 is 13.5. The molecule has 3 nitrogen and oxygen atoms in total. The van der Waals surface area contributed by atoms with Gasteiger partial charge in [-0.15, -0.1) is 0 Å². The van der Waals surface area contributed by atoms with Crippen molar-refractivity contribution in [2.45, 2.75) is 25.4 Å². The lowest BCUT2D eigenvalue weighted by Gasteiger charge is -2.32. The first-order valence-electron chi connectivity index (χ1n) is 7.17. The molecule has 1 aromatic carbocycles. The average molecular weight is 306 g/mol. The van der Waals surface area contributed by atoms with Gasteiger partial charge in [0.2, 0.25) is 0 Å². The van der Waals surface area contributed by atoms with Crippen LogP contribution in [0, 0.1) is 12.7 Å². The van der Waals surface area contributed by atoms with E-state index in [1.807, 2.05) is 24.8 Å². The van der Waals surface area contributed by atoms with Gasteiger partial charge in [0, 0.05) is 23.3 Å². The minimum Gasteiger partial charge on any atom is -0.388 e. The van der Waals surface area contributed by atoms with Crippen LogP contribution < -0.4 is 5.32 Å². The highest BCUT2D eigenvalue weighted by atomic mass is 32.2. The second-order valence-corrected chi connectivity index (χ2v) is 6.89. The van der Waals surface area contributed by atoms with E-state index in [-0.39, 0.29) is 5.82 Å². The van der Waals surface area contributed by atoms with Gasteiger partial charge in [0.05, 0.1) is 11.1 Å². The standard InChI is InChI=1S/C16H19FN2OS/c1-11-8-15(13-9-12(17)2-3-14(13)19-11)18-10-16(20)4-6-21-7-5-16/h2-3,8-9,20H,4-7,10H2,1H3,(H,18,19). The van der Waals surface area contributed by atoms with E-state index in [4.69, 9.17) is 0 Å². The predicted molar refractivity (Wildman–Crippen MR) is 86.4 cm³/mol. The number of hydrogen-bond acceptors (Lipinski definition) is 4. The number of aryl methyl sites for hydroxylation is 1. The molecule has 1 saturated heterocycles. The van der Waals surface area contributed by atoms with Crippen LogP contribution >= 0.6 is 11.8 Å². The van der Waals surface area contributed by atoms with Gasteiger partial charge in [-0.3, -0.25) is 4.98 Å². The molecule has 3 rings (SSSR count). The van der Waals surface area contributed by atoms with Crippen molar-refractivity contribution < 1.29 is 9.50 Å². The van der Waals surface area contributed by atoms with Crippen molar-refractivity contribution in [3.8, 4) is 0 Å². The Morgan fingerprint density at radius 3 is 2.86 bits per heavy atom. The molecule has 1 fully saturated rings. The maximum atomic E-state index is 13.5. The Morgan fingerprint density at radius 2 is 2.10 bits per heavy atom. The minimum atomic E-state index is -0.665. The Morgan fingerprint density at radius 1 is 1.33 bits per heavy atom. The molecule has 0 unspecified atom stereocenters. The van der Waals surface area contributed by atoms with Crippen LogP contribution in [-0.4, -0.2) is 33.7 Å². The number of benzene rings is 1. The van der Waals surface area contributed by atoms with Crippen LogP contribution in [0.5, 0.6) is 0 Å². The van der Waals surface area contributed by atoms with Crippen LogP contribution in [0.3, 0.4) is 0 Å². The van der Waals surface area contributed by atoms with Crippen LogP contribution in [0.25, 0.3) is 10.9 Å². The maximum Gasteiger partial charge on any atom is 0.124 e. The molecule has 0 bridgehead atoms. The molecule has 0 aliphatic carbocycles. The van der Waals surface area contributed by atoms with Crippen LogP contribution in [0.2, 0.25) is 0 Å². The van der Waals surface area contributed by atoms with Crippen molar-refractivity contribution >= 4 is 28.4 Å². The van der Waals surface area contributed by atoms with Gasteiger partial charge in [0.1, 0.15) is 5.82 Å². The number of pyridine rings is 1. The number of anilines is 1. The largest absolute Gasteiger partial charge is 0.388 e. The number of fused-ring (bicyclic) bond motifs is 1. The third-order valence-electron chi connectivity index (χ3n) is 3.93. The van der Waals surface area contributed by atoms with Gasteiger partial charge in [-0.05, 0) is 55.5 Å². The third-order valence-corrected chi connectivity index (χ3v) is 4.92. The summed E-state index contributed by atoms with van der Waals surface area (Å²) in [5, 5.41) is 14.6. The van der Waals surface area contributed by atoms with Gasteiger partial charge in [0.15, 0.2) is 0 Å². The van der Waals surface area contributed by atoms with Crippen molar-refractivity contribution in [3.05, 3.63) is 35.8 Å². The fraction of sp³-hybridized carbons (Fsp3) is 0.438. The predicted octanol–water partition coefficient (Wildman–Crippen LogP) is 3.35. The first kappa shape index (κ1) is 14.6. The van der Waals surface area contributed by atoms with Gasteiger partial charge >= 0.3 is 0 Å². The highest BCUT2D eigenvalue weighted by molar-refractivity contribution is 7.99. The van der Waals surface area contributed by atoms with Crippen molar-refractivity contribution in [2.75, 3.05) is 23.4 Å². The normalized spacial score (nSPS) is 17.9. The molecule has 0 amide bonds. The summed E-state index contributed by atoms with van der Waals surface area (Å²) in [7, 11) is 0. The van der Waals surface area contributed by atoms with Crippen LogP contribution in [0.15, 0.2) is 24.3 Å². The molecule has 2 aromatic rings. The minimum absolute atomic E-state index is 0.274. The topological polar surface area (TPSA) is 45.1 Å². The molecule has 0 saturated carbocycles. The Kier molecular flexibility index (Phi) is 4.04. The molecule has 0 spiro atoms. The van der Waals surface area contributed by atoms with Gasteiger partial charge < -0.3 is 10.4 Å². The van der Waals surface area contributed by atoms with E-state index >= 15 is 0 Å². The highest BCUT2D eigenvalue weighted by Gasteiger charge is 2.29. The van der Waals surface area contributed by atoms with E-state index in [9.17, 15) is 9.50 Å². The molecular formula is C16H19FN2OS. The van der Waals surface area contributed by atoms with Gasteiger partial charge in [-0.1, -0.05) is 0 Å². The number of thioether (sulfide) groups is 1. The maximum absolute atomic E-state index is 13.5. The zero-order chi connectivity index (χ0) is 14.9. The molecule has 0 atom stereocenters. The summed E-state index contributed by atoms with van der Waals surface area (Å²) in [6.07, 6.45) is 1.59. The summed E-state index contributed by atoms with van der Waals surface area (Å²) in [4.78, 5) is 4.42. The first-order valence-corrected chi connectivity index (χ1v) is 8.32. The van der Waals surface area contributed by atoms with Crippen LogP contribution in [0.4, 0.5) is 10.1 Å². The van der Waals surface area contributed by atoms with Crippen molar-refractivity contribution in [3.63, 3.8) is 0 Å². The molecule has 1 aliphatic heterocycles. The average Bonchev–Trinajstić information content (AvgIpc) is 2.46. The number of halogens is 1. The number of nitrogens with zero attached hydrogens (tertiary/aromatic N) is 1. The van der Waals surface area contributed by atoms with Crippen LogP contribution in [0.1, 0.15) is 18.5 Å². The highest BCUT2D eigenvalue weighted by Crippen LogP contribution is 2.29. The molecule has 2 N–H and O–H groups in total. The van der Waals surface area contributed by atoms with Crippen molar-refractivity contribution in [1.29, 1.82) is 0 Å². The lowest BCUT2D eigenvalue weighted by molar-refractivity contribution is 0.0454. The molecular weight excluding hydrogens is 287 g/mol. The molecule has 5 heteroatoms. The Labute approximate surface area is 128 Å². The lowest BCUT2D eigenvalue weighted by Crippen LogP contribution is -2.40. The molecule has 0 radical (unpaired) electrons. The van der Waals surface area contributed by atoms with Gasteiger partial charge in [-0.2, -0.15) is 11.8 Å². The van der Waals surface area contributed by atoms with E-state index in [0.717, 1.165) is 46.6 Å². The summed E-state index contributed by atoms with van der Waals surface area (Å²) in [5.74, 6) is 1.70. The Bertz CT molecular complexity index is 656. The molecule has 112 valence electrons. The summed E-state index contributed by atoms with van der Waals surface area (Å²) in [5.41, 5.74) is 1.82.